The lowest BCUT2D eigenvalue weighted by Gasteiger charge is -2.23. The Hall–Kier alpha value is -1.10. The summed E-state index contributed by atoms with van der Waals surface area (Å²) in [5, 5.41) is 4.29. The van der Waals surface area contributed by atoms with E-state index in [9.17, 15) is 0 Å². The highest BCUT2D eigenvalue weighted by molar-refractivity contribution is 7.11. The maximum Gasteiger partial charge on any atom is 0.188 e. The molecule has 0 aromatic carbocycles. The standard InChI is InChI=1S/C12H20N4S/c1-9-7-15-11(17-9)5-6-14-12(13)16-8-10-3-2-4-10/h7,10H,2-6,8H2,1H3,(H3,13,14,16). The van der Waals surface area contributed by atoms with E-state index >= 15 is 0 Å². The Kier molecular flexibility index (Phi) is 4.36. The summed E-state index contributed by atoms with van der Waals surface area (Å²) in [7, 11) is 0. The van der Waals surface area contributed by atoms with E-state index in [1.807, 2.05) is 6.20 Å². The first-order valence-electron chi connectivity index (χ1n) is 6.19. The average Bonchev–Trinajstić information content (AvgIpc) is 2.62. The molecule has 94 valence electrons. The van der Waals surface area contributed by atoms with Crippen molar-refractivity contribution in [1.82, 2.24) is 10.3 Å². The van der Waals surface area contributed by atoms with E-state index in [4.69, 9.17) is 5.73 Å². The van der Waals surface area contributed by atoms with Gasteiger partial charge in [0.2, 0.25) is 0 Å². The molecule has 1 aromatic heterocycles. The largest absolute Gasteiger partial charge is 0.370 e. The minimum absolute atomic E-state index is 0.574. The molecule has 1 heterocycles. The van der Waals surface area contributed by atoms with Gasteiger partial charge >= 0.3 is 0 Å². The van der Waals surface area contributed by atoms with Crippen LogP contribution in [-0.4, -0.2) is 24.0 Å². The zero-order valence-corrected chi connectivity index (χ0v) is 11.1. The predicted molar refractivity (Wildman–Crippen MR) is 72.4 cm³/mol. The molecule has 0 unspecified atom stereocenters. The first-order chi connectivity index (χ1) is 8.24. The fraction of sp³-hybridized carbons (Fsp3) is 0.667. The van der Waals surface area contributed by atoms with E-state index in [0.717, 1.165) is 30.4 Å². The van der Waals surface area contributed by atoms with Gasteiger partial charge in [0.1, 0.15) is 0 Å². The number of hydrogen-bond acceptors (Lipinski definition) is 3. The Morgan fingerprint density at radius 3 is 3.06 bits per heavy atom. The van der Waals surface area contributed by atoms with Gasteiger partial charge in [-0.15, -0.1) is 11.3 Å². The molecule has 0 radical (unpaired) electrons. The molecule has 0 bridgehead atoms. The summed E-state index contributed by atoms with van der Waals surface area (Å²) in [6.07, 6.45) is 6.81. The molecule has 4 nitrogen and oxygen atoms in total. The third kappa shape index (κ3) is 4.00. The monoisotopic (exact) mass is 252 g/mol. The van der Waals surface area contributed by atoms with Gasteiger partial charge in [-0.1, -0.05) is 6.42 Å². The third-order valence-corrected chi connectivity index (χ3v) is 4.03. The second kappa shape index (κ2) is 6.00. The molecule has 0 atom stereocenters. The maximum absolute atomic E-state index is 5.79. The van der Waals surface area contributed by atoms with Crippen LogP contribution in [0.2, 0.25) is 0 Å². The molecule has 3 N–H and O–H groups in total. The van der Waals surface area contributed by atoms with Crippen molar-refractivity contribution in [3.8, 4) is 0 Å². The molecule has 1 aromatic rings. The molecule has 17 heavy (non-hydrogen) atoms. The van der Waals surface area contributed by atoms with Gasteiger partial charge in [-0.2, -0.15) is 0 Å². The number of nitrogens with one attached hydrogen (secondary N) is 1. The number of nitrogens with zero attached hydrogens (tertiary/aromatic N) is 2. The zero-order valence-electron chi connectivity index (χ0n) is 10.3. The summed E-state index contributed by atoms with van der Waals surface area (Å²) in [6.45, 7) is 3.77. The number of aliphatic imine (C=N–C) groups is 1. The summed E-state index contributed by atoms with van der Waals surface area (Å²) in [5.41, 5.74) is 5.79. The van der Waals surface area contributed by atoms with E-state index in [2.05, 4.69) is 22.2 Å². The van der Waals surface area contributed by atoms with Gasteiger partial charge in [0.05, 0.1) is 5.01 Å². The number of nitrogens with two attached hydrogens (primary N) is 1. The van der Waals surface area contributed by atoms with Gasteiger partial charge in [0.25, 0.3) is 0 Å². The van der Waals surface area contributed by atoms with E-state index in [1.165, 1.54) is 24.1 Å². The van der Waals surface area contributed by atoms with Crippen molar-refractivity contribution >= 4 is 17.3 Å². The van der Waals surface area contributed by atoms with Crippen LogP contribution >= 0.6 is 11.3 Å². The predicted octanol–water partition coefficient (Wildman–Crippen LogP) is 1.70. The molecule has 1 saturated carbocycles. The van der Waals surface area contributed by atoms with Crippen molar-refractivity contribution in [3.63, 3.8) is 0 Å². The second-order valence-corrected chi connectivity index (χ2v) is 5.88. The molecule has 0 saturated heterocycles. The summed E-state index contributed by atoms with van der Waals surface area (Å²) in [4.78, 5) is 9.91. The number of rotatable bonds is 5. The van der Waals surface area contributed by atoms with Crippen molar-refractivity contribution in [1.29, 1.82) is 0 Å². The van der Waals surface area contributed by atoms with Gasteiger partial charge in [-0.25, -0.2) is 4.98 Å². The molecule has 1 fully saturated rings. The van der Waals surface area contributed by atoms with Crippen molar-refractivity contribution in [2.45, 2.75) is 32.6 Å². The summed E-state index contributed by atoms with van der Waals surface area (Å²) in [6, 6.07) is 0. The van der Waals surface area contributed by atoms with E-state index in [-0.39, 0.29) is 0 Å². The number of guanidine groups is 1. The smallest absolute Gasteiger partial charge is 0.188 e. The molecule has 5 heteroatoms. The van der Waals surface area contributed by atoms with Crippen LogP contribution in [0.25, 0.3) is 0 Å². The van der Waals surface area contributed by atoms with Gasteiger partial charge in [-0.3, -0.25) is 4.99 Å². The fourth-order valence-electron chi connectivity index (χ4n) is 1.77. The first kappa shape index (κ1) is 12.4. The normalized spacial score (nSPS) is 16.9. The summed E-state index contributed by atoms with van der Waals surface area (Å²) in [5.74, 6) is 1.35. The Balaban J connectivity index is 1.63. The molecular weight excluding hydrogens is 232 g/mol. The van der Waals surface area contributed by atoms with Gasteiger partial charge in [0, 0.05) is 30.6 Å². The van der Waals surface area contributed by atoms with Crippen LogP contribution in [0.1, 0.15) is 29.1 Å². The molecule has 2 rings (SSSR count). The van der Waals surface area contributed by atoms with Crippen molar-refractivity contribution in [2.24, 2.45) is 16.6 Å². The van der Waals surface area contributed by atoms with Gasteiger partial charge in [-0.05, 0) is 25.7 Å². The molecule has 1 aliphatic carbocycles. The van der Waals surface area contributed by atoms with Crippen LogP contribution in [0, 0.1) is 12.8 Å². The van der Waals surface area contributed by atoms with Crippen LogP contribution in [0.5, 0.6) is 0 Å². The topological polar surface area (TPSA) is 63.3 Å². The highest BCUT2D eigenvalue weighted by Gasteiger charge is 2.16. The Labute approximate surface area is 106 Å². The lowest BCUT2D eigenvalue weighted by molar-refractivity contribution is 0.326. The maximum atomic E-state index is 5.79. The van der Waals surface area contributed by atoms with Crippen LogP contribution in [0.15, 0.2) is 11.2 Å². The first-order valence-corrected chi connectivity index (χ1v) is 7.01. The minimum atomic E-state index is 0.574. The Morgan fingerprint density at radius 1 is 1.65 bits per heavy atom. The van der Waals surface area contributed by atoms with Crippen LogP contribution < -0.4 is 11.1 Å². The van der Waals surface area contributed by atoms with Crippen molar-refractivity contribution in [2.75, 3.05) is 13.1 Å². The second-order valence-electron chi connectivity index (χ2n) is 4.56. The SMILES string of the molecule is Cc1cnc(CCNC(N)=NCC2CCC2)s1. The molecule has 1 aliphatic rings. The Morgan fingerprint density at radius 2 is 2.47 bits per heavy atom. The molecule has 0 amide bonds. The molecule has 0 spiro atoms. The number of aromatic nitrogens is 1. The lowest BCUT2D eigenvalue weighted by Crippen LogP contribution is -2.34. The van der Waals surface area contributed by atoms with Crippen molar-refractivity contribution in [3.05, 3.63) is 16.1 Å². The number of aryl methyl sites for hydroxylation is 1. The summed E-state index contributed by atoms with van der Waals surface area (Å²) >= 11 is 1.74. The zero-order chi connectivity index (χ0) is 12.1. The third-order valence-electron chi connectivity index (χ3n) is 3.06. The highest BCUT2D eigenvalue weighted by atomic mass is 32.1. The molecular formula is C12H20N4S. The van der Waals surface area contributed by atoms with E-state index < -0.39 is 0 Å². The van der Waals surface area contributed by atoms with Crippen LogP contribution in [0.3, 0.4) is 0 Å². The number of hydrogen-bond donors (Lipinski definition) is 2. The quantitative estimate of drug-likeness (QED) is 0.619. The van der Waals surface area contributed by atoms with Gasteiger partial charge in [0.15, 0.2) is 5.96 Å². The average molecular weight is 252 g/mol. The Bertz CT molecular complexity index is 382. The molecule has 0 aliphatic heterocycles. The fourth-order valence-corrected chi connectivity index (χ4v) is 2.56. The van der Waals surface area contributed by atoms with E-state index in [0.29, 0.717) is 5.96 Å². The summed E-state index contributed by atoms with van der Waals surface area (Å²) < 4.78 is 0. The number of thiazole rings is 1. The van der Waals surface area contributed by atoms with E-state index in [1.54, 1.807) is 11.3 Å². The van der Waals surface area contributed by atoms with Gasteiger partial charge < -0.3 is 11.1 Å². The highest BCUT2D eigenvalue weighted by Crippen LogP contribution is 2.26. The van der Waals surface area contributed by atoms with Crippen molar-refractivity contribution < 1.29 is 0 Å². The van der Waals surface area contributed by atoms with Crippen LogP contribution in [0.4, 0.5) is 0 Å². The van der Waals surface area contributed by atoms with Crippen LogP contribution in [-0.2, 0) is 6.42 Å². The lowest BCUT2D eigenvalue weighted by atomic mass is 9.86. The minimum Gasteiger partial charge on any atom is -0.370 e.